The first kappa shape index (κ1) is 19.9. The summed E-state index contributed by atoms with van der Waals surface area (Å²) in [5.41, 5.74) is 0.224. The zero-order valence-corrected chi connectivity index (χ0v) is 15.7. The van der Waals surface area contributed by atoms with Gasteiger partial charge in [-0.1, -0.05) is 18.2 Å². The fourth-order valence-electron chi connectivity index (χ4n) is 2.82. The van der Waals surface area contributed by atoms with Gasteiger partial charge in [-0.2, -0.15) is 9.57 Å². The number of rotatable bonds is 5. The molecular formula is C19H18FN3O4S. The number of ether oxygens (including phenoxy) is 1. The molecule has 0 spiro atoms. The van der Waals surface area contributed by atoms with Gasteiger partial charge in [-0.05, 0) is 30.3 Å². The molecule has 2 aromatic rings. The van der Waals surface area contributed by atoms with Crippen LogP contribution in [0.4, 0.5) is 4.39 Å². The van der Waals surface area contributed by atoms with Crippen molar-refractivity contribution in [2.75, 3.05) is 26.3 Å². The van der Waals surface area contributed by atoms with E-state index in [-0.39, 0.29) is 29.1 Å². The number of nitrogens with one attached hydrogen (secondary N) is 1. The number of sulfonamides is 1. The van der Waals surface area contributed by atoms with E-state index in [4.69, 9.17) is 4.74 Å². The lowest BCUT2D eigenvalue weighted by Crippen LogP contribution is -2.40. The average molecular weight is 403 g/mol. The Hall–Kier alpha value is -2.80. The third-order valence-electron chi connectivity index (χ3n) is 4.35. The molecule has 146 valence electrons. The number of carbonyl (C=O) groups excluding carboxylic acids is 1. The third-order valence-corrected chi connectivity index (χ3v) is 6.26. The maximum Gasteiger partial charge on any atom is 0.252 e. The molecule has 2 aromatic carbocycles. The highest BCUT2D eigenvalue weighted by Gasteiger charge is 2.26. The van der Waals surface area contributed by atoms with Crippen LogP contribution in [0, 0.1) is 17.1 Å². The number of amides is 1. The summed E-state index contributed by atoms with van der Waals surface area (Å²) in [5, 5.41) is 11.7. The van der Waals surface area contributed by atoms with Crippen molar-refractivity contribution in [2.24, 2.45) is 0 Å². The Morgan fingerprint density at radius 1 is 1.14 bits per heavy atom. The number of hydrogen-bond donors (Lipinski definition) is 1. The minimum atomic E-state index is -3.66. The van der Waals surface area contributed by atoms with Crippen molar-refractivity contribution in [1.82, 2.24) is 9.62 Å². The second kappa shape index (κ2) is 8.48. The molecule has 1 aliphatic rings. The van der Waals surface area contributed by atoms with Gasteiger partial charge in [0.05, 0.1) is 24.2 Å². The van der Waals surface area contributed by atoms with Crippen LogP contribution >= 0.6 is 0 Å². The highest BCUT2D eigenvalue weighted by molar-refractivity contribution is 7.89. The minimum absolute atomic E-state index is 0.0601. The minimum Gasteiger partial charge on any atom is -0.379 e. The van der Waals surface area contributed by atoms with Crippen molar-refractivity contribution in [3.05, 3.63) is 65.5 Å². The van der Waals surface area contributed by atoms with Crippen LogP contribution in [0.2, 0.25) is 0 Å². The number of morpholine rings is 1. The summed E-state index contributed by atoms with van der Waals surface area (Å²) >= 11 is 0. The van der Waals surface area contributed by atoms with Gasteiger partial charge in [-0.15, -0.1) is 0 Å². The molecule has 0 bridgehead atoms. The molecule has 1 heterocycles. The lowest BCUT2D eigenvalue weighted by Gasteiger charge is -2.26. The number of nitriles is 1. The van der Waals surface area contributed by atoms with E-state index in [0.717, 1.165) is 0 Å². The van der Waals surface area contributed by atoms with E-state index in [2.05, 4.69) is 5.32 Å². The highest BCUT2D eigenvalue weighted by Crippen LogP contribution is 2.19. The van der Waals surface area contributed by atoms with Gasteiger partial charge >= 0.3 is 0 Å². The normalized spacial score (nSPS) is 16.1. The zero-order chi connectivity index (χ0) is 20.1. The largest absolute Gasteiger partial charge is 0.379 e. The van der Waals surface area contributed by atoms with Crippen LogP contribution in [-0.4, -0.2) is 44.9 Å². The molecule has 0 radical (unpaired) electrons. The second-order valence-corrected chi connectivity index (χ2v) is 8.04. The number of nitrogens with zero attached hydrogens (tertiary/aromatic N) is 2. The van der Waals surface area contributed by atoms with Gasteiger partial charge in [0.1, 0.15) is 11.9 Å². The SMILES string of the molecule is N#CC(NC(=O)c1ccc(S(=O)(=O)N2CCOCC2)cc1)c1ccccc1F. The summed E-state index contributed by atoms with van der Waals surface area (Å²) in [4.78, 5) is 12.5. The molecule has 3 rings (SSSR count). The van der Waals surface area contributed by atoms with Crippen molar-refractivity contribution >= 4 is 15.9 Å². The Morgan fingerprint density at radius 2 is 1.79 bits per heavy atom. The lowest BCUT2D eigenvalue weighted by atomic mass is 10.1. The number of hydrogen-bond acceptors (Lipinski definition) is 5. The molecule has 9 heteroatoms. The van der Waals surface area contributed by atoms with E-state index < -0.39 is 27.8 Å². The molecule has 1 fully saturated rings. The Bertz CT molecular complexity index is 997. The molecule has 1 N–H and O–H groups in total. The van der Waals surface area contributed by atoms with E-state index in [9.17, 15) is 22.9 Å². The Morgan fingerprint density at radius 3 is 2.39 bits per heavy atom. The number of carbonyl (C=O) groups is 1. The average Bonchev–Trinajstić information content (AvgIpc) is 2.73. The quantitative estimate of drug-likeness (QED) is 0.821. The molecule has 1 atom stereocenters. The van der Waals surface area contributed by atoms with Crippen LogP contribution in [0.1, 0.15) is 22.0 Å². The Balaban J connectivity index is 1.75. The van der Waals surface area contributed by atoms with Gasteiger partial charge in [0.25, 0.3) is 5.91 Å². The Labute approximate surface area is 162 Å². The summed E-state index contributed by atoms with van der Waals surface area (Å²) in [6.07, 6.45) is 0. The molecule has 0 aromatic heterocycles. The Kier molecular flexibility index (Phi) is 6.04. The van der Waals surface area contributed by atoms with Crippen molar-refractivity contribution < 1.29 is 22.3 Å². The first-order valence-electron chi connectivity index (χ1n) is 8.56. The maximum atomic E-state index is 13.9. The highest BCUT2D eigenvalue weighted by atomic mass is 32.2. The summed E-state index contributed by atoms with van der Waals surface area (Å²) in [5.74, 6) is -1.20. The summed E-state index contributed by atoms with van der Waals surface area (Å²) in [6, 6.07) is 11.8. The van der Waals surface area contributed by atoms with Gasteiger partial charge in [0.2, 0.25) is 10.0 Å². The predicted molar refractivity (Wildman–Crippen MR) is 98.2 cm³/mol. The molecule has 1 unspecified atom stereocenters. The molecule has 1 saturated heterocycles. The number of halogens is 1. The lowest BCUT2D eigenvalue weighted by molar-refractivity contribution is 0.0730. The molecule has 1 aliphatic heterocycles. The van der Waals surface area contributed by atoms with E-state index in [1.165, 1.54) is 46.8 Å². The van der Waals surface area contributed by atoms with Crippen LogP contribution in [-0.2, 0) is 14.8 Å². The fraction of sp³-hybridized carbons (Fsp3) is 0.263. The monoisotopic (exact) mass is 403 g/mol. The first-order chi connectivity index (χ1) is 13.4. The van der Waals surface area contributed by atoms with Crippen molar-refractivity contribution in [3.63, 3.8) is 0 Å². The van der Waals surface area contributed by atoms with Crippen LogP contribution in [0.15, 0.2) is 53.4 Å². The van der Waals surface area contributed by atoms with Gasteiger partial charge in [0, 0.05) is 24.2 Å². The van der Waals surface area contributed by atoms with E-state index in [1.54, 1.807) is 6.07 Å². The summed E-state index contributed by atoms with van der Waals surface area (Å²) < 4.78 is 45.5. The van der Waals surface area contributed by atoms with Gasteiger partial charge in [0.15, 0.2) is 0 Å². The van der Waals surface area contributed by atoms with Gasteiger partial charge in [-0.25, -0.2) is 12.8 Å². The molecule has 0 saturated carbocycles. The standard InChI is InChI=1S/C19H18FN3O4S/c20-17-4-2-1-3-16(17)18(13-21)22-19(24)14-5-7-15(8-6-14)28(25,26)23-9-11-27-12-10-23/h1-8,18H,9-12H2,(H,22,24). The van der Waals surface area contributed by atoms with Crippen LogP contribution in [0.5, 0.6) is 0 Å². The van der Waals surface area contributed by atoms with Gasteiger partial charge < -0.3 is 10.1 Å². The molecule has 28 heavy (non-hydrogen) atoms. The summed E-state index contributed by atoms with van der Waals surface area (Å²) in [7, 11) is -3.66. The van der Waals surface area contributed by atoms with E-state index in [0.29, 0.717) is 13.2 Å². The zero-order valence-electron chi connectivity index (χ0n) is 14.8. The molecular weight excluding hydrogens is 385 g/mol. The van der Waals surface area contributed by atoms with Crippen molar-refractivity contribution in [2.45, 2.75) is 10.9 Å². The van der Waals surface area contributed by atoms with Crippen molar-refractivity contribution in [3.8, 4) is 6.07 Å². The summed E-state index contributed by atoms with van der Waals surface area (Å²) in [6.45, 7) is 1.23. The van der Waals surface area contributed by atoms with Crippen LogP contribution in [0.3, 0.4) is 0 Å². The van der Waals surface area contributed by atoms with E-state index >= 15 is 0 Å². The molecule has 0 aliphatic carbocycles. The van der Waals surface area contributed by atoms with Crippen LogP contribution < -0.4 is 5.32 Å². The van der Waals surface area contributed by atoms with Crippen LogP contribution in [0.25, 0.3) is 0 Å². The molecule has 7 nitrogen and oxygen atoms in total. The third kappa shape index (κ3) is 4.20. The fourth-order valence-corrected chi connectivity index (χ4v) is 4.23. The first-order valence-corrected chi connectivity index (χ1v) is 10.0. The van der Waals surface area contributed by atoms with E-state index in [1.807, 2.05) is 6.07 Å². The smallest absolute Gasteiger partial charge is 0.252 e. The topological polar surface area (TPSA) is 99.5 Å². The molecule has 1 amide bonds. The number of benzene rings is 2. The van der Waals surface area contributed by atoms with Gasteiger partial charge in [-0.3, -0.25) is 4.79 Å². The maximum absolute atomic E-state index is 13.9. The van der Waals surface area contributed by atoms with Crippen molar-refractivity contribution in [1.29, 1.82) is 5.26 Å². The predicted octanol–water partition coefficient (Wildman–Crippen LogP) is 1.84. The second-order valence-electron chi connectivity index (χ2n) is 6.10.